The Morgan fingerprint density at radius 3 is 2.70 bits per heavy atom. The fraction of sp³-hybridized carbons (Fsp3) is 0.314. The number of imidazole rings is 1. The van der Waals surface area contributed by atoms with Crippen molar-refractivity contribution < 1.29 is 31.8 Å². The van der Waals surface area contributed by atoms with Gasteiger partial charge in [-0.15, -0.1) is 0 Å². The minimum Gasteiger partial charge on any atom is -0.481 e. The van der Waals surface area contributed by atoms with Crippen molar-refractivity contribution in [3.8, 4) is 22.9 Å². The van der Waals surface area contributed by atoms with Gasteiger partial charge in [-0.1, -0.05) is 43.5 Å². The van der Waals surface area contributed by atoms with Crippen LogP contribution >= 0.6 is 0 Å². The molecule has 1 atom stereocenters. The normalized spacial score (nSPS) is 17.3. The van der Waals surface area contributed by atoms with Gasteiger partial charge in [-0.05, 0) is 61.1 Å². The van der Waals surface area contributed by atoms with E-state index in [0.717, 1.165) is 42.5 Å². The average molecular weight is 648 g/mol. The number of carboxylic acid groups (broad SMARTS) is 1. The van der Waals surface area contributed by atoms with Gasteiger partial charge in [0.1, 0.15) is 17.4 Å². The highest BCUT2D eigenvalue weighted by Crippen LogP contribution is 2.37. The second-order valence-corrected chi connectivity index (χ2v) is 14.1. The average Bonchev–Trinajstić information content (AvgIpc) is 3.70. The number of aliphatic carboxylic acids is 1. The summed E-state index contributed by atoms with van der Waals surface area (Å²) in [5, 5.41) is 9.82. The van der Waals surface area contributed by atoms with Gasteiger partial charge in [0.15, 0.2) is 21.4 Å². The maximum Gasteiger partial charge on any atom is 0.303 e. The van der Waals surface area contributed by atoms with Gasteiger partial charge in [0.05, 0.1) is 17.1 Å². The molecule has 0 spiro atoms. The summed E-state index contributed by atoms with van der Waals surface area (Å²) >= 11 is 0. The Bertz CT molecular complexity index is 1990. The van der Waals surface area contributed by atoms with E-state index in [0.29, 0.717) is 29.3 Å². The molecule has 8 nitrogen and oxygen atoms in total. The number of H-pyrrole nitrogens is 2. The van der Waals surface area contributed by atoms with Crippen LogP contribution in [-0.4, -0.2) is 46.0 Å². The first kappa shape index (κ1) is 31.5. The summed E-state index contributed by atoms with van der Waals surface area (Å²) in [6.07, 6.45) is 7.42. The highest BCUT2D eigenvalue weighted by molar-refractivity contribution is 7.91. The van der Waals surface area contributed by atoms with Crippen molar-refractivity contribution in [2.45, 2.75) is 57.3 Å². The van der Waals surface area contributed by atoms with Gasteiger partial charge in [0, 0.05) is 53.0 Å². The van der Waals surface area contributed by atoms with Crippen molar-refractivity contribution in [2.75, 3.05) is 11.5 Å². The highest BCUT2D eigenvalue weighted by atomic mass is 32.2. The predicted molar refractivity (Wildman–Crippen MR) is 172 cm³/mol. The number of aromatic amines is 2. The molecule has 11 heteroatoms. The third-order valence-electron chi connectivity index (χ3n) is 8.59. The van der Waals surface area contributed by atoms with Crippen LogP contribution in [0, 0.1) is 11.6 Å². The van der Waals surface area contributed by atoms with Crippen LogP contribution in [0.4, 0.5) is 8.78 Å². The molecule has 240 valence electrons. The van der Waals surface area contributed by atoms with Gasteiger partial charge < -0.3 is 19.8 Å². The number of aryl methyl sites for hydroxylation is 2. The molecule has 0 saturated carbocycles. The van der Waals surface area contributed by atoms with Crippen LogP contribution in [0.25, 0.3) is 22.3 Å². The fourth-order valence-corrected chi connectivity index (χ4v) is 7.56. The molecule has 0 fully saturated rings. The van der Waals surface area contributed by atoms with Crippen LogP contribution in [0.2, 0.25) is 0 Å². The lowest BCUT2D eigenvalue weighted by Gasteiger charge is -2.17. The molecule has 5 aromatic rings. The van der Waals surface area contributed by atoms with Crippen molar-refractivity contribution in [2.24, 2.45) is 0 Å². The van der Waals surface area contributed by atoms with Gasteiger partial charge >= 0.3 is 5.97 Å². The Kier molecular flexibility index (Phi) is 9.21. The van der Waals surface area contributed by atoms with Crippen molar-refractivity contribution in [3.63, 3.8) is 0 Å². The van der Waals surface area contributed by atoms with Crippen LogP contribution in [0.15, 0.2) is 67.0 Å². The molecule has 1 aliphatic rings. The van der Waals surface area contributed by atoms with Gasteiger partial charge in [-0.25, -0.2) is 22.2 Å². The molecule has 0 saturated heterocycles. The highest BCUT2D eigenvalue weighted by Gasteiger charge is 2.23. The molecule has 3 heterocycles. The lowest BCUT2D eigenvalue weighted by atomic mass is 9.89. The maximum atomic E-state index is 15.5. The van der Waals surface area contributed by atoms with E-state index < -0.39 is 27.4 Å². The fourth-order valence-electron chi connectivity index (χ4n) is 6.20. The van der Waals surface area contributed by atoms with E-state index in [-0.39, 0.29) is 53.2 Å². The number of sulfone groups is 1. The largest absolute Gasteiger partial charge is 0.481 e. The molecule has 6 rings (SSSR count). The molecular weight excluding hydrogens is 612 g/mol. The molecule has 4 bridgehead atoms. The van der Waals surface area contributed by atoms with E-state index in [4.69, 9.17) is 9.84 Å². The zero-order valence-electron chi connectivity index (χ0n) is 25.2. The van der Waals surface area contributed by atoms with E-state index in [9.17, 15) is 13.2 Å². The smallest absolute Gasteiger partial charge is 0.303 e. The lowest BCUT2D eigenvalue weighted by molar-refractivity contribution is -0.136. The van der Waals surface area contributed by atoms with Gasteiger partial charge in [-0.2, -0.15) is 0 Å². The third-order valence-corrected chi connectivity index (χ3v) is 10.3. The number of aromatic nitrogens is 3. The SMILES string of the molecule is O=C(O)CCc1cccc(C2CCCCCCS(=O)(=O)CCc3c(c(F)cc4[nH]ccc34)Oc3ccc(F)c(c3)-c3ncc2[nH]3)c1. The quantitative estimate of drug-likeness (QED) is 0.184. The van der Waals surface area contributed by atoms with E-state index in [2.05, 4.69) is 15.0 Å². The monoisotopic (exact) mass is 647 g/mol. The van der Waals surface area contributed by atoms with Crippen molar-refractivity contribution in [3.05, 3.63) is 101 Å². The second kappa shape index (κ2) is 13.5. The summed E-state index contributed by atoms with van der Waals surface area (Å²) in [5.41, 5.74) is 3.75. The molecule has 46 heavy (non-hydrogen) atoms. The number of halogens is 2. The Balaban J connectivity index is 1.40. The molecule has 0 aliphatic carbocycles. The van der Waals surface area contributed by atoms with Crippen molar-refractivity contribution >= 4 is 26.7 Å². The molecule has 3 N–H and O–H groups in total. The van der Waals surface area contributed by atoms with Crippen LogP contribution in [0.5, 0.6) is 11.5 Å². The summed E-state index contributed by atoms with van der Waals surface area (Å²) in [5.74, 6) is -1.96. The minimum absolute atomic E-state index is 0.0212. The van der Waals surface area contributed by atoms with Crippen LogP contribution in [-0.2, 0) is 27.5 Å². The first-order valence-electron chi connectivity index (χ1n) is 15.5. The molecule has 0 radical (unpaired) electrons. The number of ether oxygens (including phenoxy) is 1. The molecule has 3 aromatic carbocycles. The Labute approximate surface area is 265 Å². The Morgan fingerprint density at radius 1 is 1.00 bits per heavy atom. The molecule has 1 aliphatic heterocycles. The van der Waals surface area contributed by atoms with Gasteiger partial charge in [0.25, 0.3) is 0 Å². The van der Waals surface area contributed by atoms with E-state index in [1.54, 1.807) is 18.5 Å². The van der Waals surface area contributed by atoms with Gasteiger partial charge in [0.2, 0.25) is 0 Å². The number of benzene rings is 3. The second-order valence-electron chi connectivity index (χ2n) is 11.8. The topological polar surface area (TPSA) is 125 Å². The van der Waals surface area contributed by atoms with Crippen LogP contribution < -0.4 is 4.74 Å². The third kappa shape index (κ3) is 7.14. The number of fused-ring (bicyclic) bond motifs is 8. The molecular formula is C35H35F2N3O5S. The first-order valence-corrected chi connectivity index (χ1v) is 17.3. The summed E-state index contributed by atoms with van der Waals surface area (Å²) in [4.78, 5) is 22.0. The number of hydrogen-bond donors (Lipinski definition) is 3. The predicted octanol–water partition coefficient (Wildman–Crippen LogP) is 7.70. The van der Waals surface area contributed by atoms with Crippen molar-refractivity contribution in [1.82, 2.24) is 15.0 Å². The number of hydrogen-bond acceptors (Lipinski definition) is 5. The number of nitrogens with one attached hydrogen (secondary N) is 2. The Hall–Kier alpha value is -4.51. The zero-order valence-corrected chi connectivity index (χ0v) is 26.0. The number of nitrogens with zero attached hydrogens (tertiary/aromatic N) is 1. The summed E-state index contributed by atoms with van der Waals surface area (Å²) in [6, 6.07) is 14.9. The van der Waals surface area contributed by atoms with E-state index in [1.807, 2.05) is 24.3 Å². The number of carboxylic acids is 1. The molecule has 2 aromatic heterocycles. The standard InChI is InChI=1S/C35H35F2N3O5S/c36-29-11-10-24-19-28(29)35-39-21-32(40-35)25(23-7-5-6-22(18-23)9-12-33(41)42)8-3-1-2-4-16-46(43,44)17-14-27-26-13-15-38-31(26)20-30(37)34(27)45-24/h5-7,10-11,13,15,18-21,25,38H,1-4,8-9,12,14,16-17H2,(H,39,40)(H,41,42). The number of rotatable bonds is 4. The first-order chi connectivity index (χ1) is 22.2. The molecule has 0 amide bonds. The maximum absolute atomic E-state index is 15.5. The van der Waals surface area contributed by atoms with Crippen LogP contribution in [0.3, 0.4) is 0 Å². The van der Waals surface area contributed by atoms with Crippen molar-refractivity contribution in [1.29, 1.82) is 0 Å². The lowest BCUT2D eigenvalue weighted by Crippen LogP contribution is -2.14. The summed E-state index contributed by atoms with van der Waals surface area (Å²) < 4.78 is 62.9. The Morgan fingerprint density at radius 2 is 1.85 bits per heavy atom. The number of carbonyl (C=O) groups is 1. The van der Waals surface area contributed by atoms with E-state index >= 15 is 8.78 Å². The summed E-state index contributed by atoms with van der Waals surface area (Å²) in [7, 11) is -3.43. The van der Waals surface area contributed by atoms with E-state index in [1.165, 1.54) is 24.3 Å². The van der Waals surface area contributed by atoms with Crippen LogP contribution in [0.1, 0.15) is 66.8 Å². The zero-order chi connectivity index (χ0) is 32.3. The molecule has 1 unspecified atom stereocenters. The minimum atomic E-state index is -3.43. The summed E-state index contributed by atoms with van der Waals surface area (Å²) in [6.45, 7) is 0. The van der Waals surface area contributed by atoms with Gasteiger partial charge in [-0.3, -0.25) is 4.79 Å².